The molecule has 3 nitrogen and oxygen atoms in total. The summed E-state index contributed by atoms with van der Waals surface area (Å²) < 4.78 is 25.5. The molecule has 0 saturated heterocycles. The lowest BCUT2D eigenvalue weighted by atomic mass is 9.95. The van der Waals surface area contributed by atoms with Crippen LogP contribution in [0.5, 0.6) is 11.5 Å². The zero-order valence-electron chi connectivity index (χ0n) is 16.6. The number of hydrogen-bond donors (Lipinski definition) is 0. The van der Waals surface area contributed by atoms with Crippen LogP contribution in [0, 0.1) is 5.82 Å². The van der Waals surface area contributed by atoms with Gasteiger partial charge in [0.25, 0.3) is 0 Å². The van der Waals surface area contributed by atoms with E-state index in [4.69, 9.17) is 9.47 Å². The number of ether oxygens (including phenoxy) is 2. The van der Waals surface area contributed by atoms with Gasteiger partial charge in [-0.3, -0.25) is 4.79 Å². The van der Waals surface area contributed by atoms with Crippen LogP contribution >= 0.6 is 11.3 Å². The van der Waals surface area contributed by atoms with Gasteiger partial charge in [0.2, 0.25) is 0 Å². The summed E-state index contributed by atoms with van der Waals surface area (Å²) in [5, 5.41) is 1.12. The van der Waals surface area contributed by atoms with Crippen molar-refractivity contribution in [2.24, 2.45) is 0 Å². The van der Waals surface area contributed by atoms with Crippen LogP contribution in [0.4, 0.5) is 4.39 Å². The van der Waals surface area contributed by atoms with E-state index in [1.165, 1.54) is 19.2 Å². The third-order valence-electron chi connectivity index (χ3n) is 4.92. The number of carbonyl (C=O) groups excluding carboxylic acids is 1. The van der Waals surface area contributed by atoms with Crippen molar-refractivity contribution >= 4 is 32.8 Å². The number of ketones is 1. The normalized spacial score (nSPS) is 10.8. The van der Waals surface area contributed by atoms with Crippen LogP contribution in [0.3, 0.4) is 0 Å². The summed E-state index contributed by atoms with van der Waals surface area (Å²) in [4.78, 5) is 14.2. The first kappa shape index (κ1) is 19.9. The predicted octanol–water partition coefficient (Wildman–Crippen LogP) is 6.62. The SMILES string of the molecule is C=C(C(=O)c1cc(-c2cc3ccccc3s2)c(OC)cc1OC)c1ccc(F)cc1. The van der Waals surface area contributed by atoms with Crippen LogP contribution in [-0.4, -0.2) is 20.0 Å². The zero-order chi connectivity index (χ0) is 21.3. The Balaban J connectivity index is 1.82. The second kappa shape index (κ2) is 8.13. The van der Waals surface area contributed by atoms with Gasteiger partial charge < -0.3 is 9.47 Å². The van der Waals surface area contributed by atoms with Crippen molar-refractivity contribution in [2.45, 2.75) is 0 Å². The molecular weight excluding hydrogens is 399 g/mol. The van der Waals surface area contributed by atoms with Crippen LogP contribution in [0.15, 0.2) is 73.3 Å². The molecule has 0 radical (unpaired) electrons. The highest BCUT2D eigenvalue weighted by atomic mass is 32.1. The van der Waals surface area contributed by atoms with Crippen LogP contribution in [0.25, 0.3) is 26.1 Å². The van der Waals surface area contributed by atoms with Crippen LogP contribution < -0.4 is 9.47 Å². The Morgan fingerprint density at radius 2 is 1.63 bits per heavy atom. The standard InChI is InChI=1S/C25H19FO3S/c1-15(16-8-10-18(26)11-9-16)25(27)20-13-19(21(28-2)14-22(20)29-3)24-12-17-6-4-5-7-23(17)30-24/h4-14H,1H2,2-3H3. The Bertz CT molecular complexity index is 1220. The number of allylic oxidation sites excluding steroid dienone is 1. The summed E-state index contributed by atoms with van der Waals surface area (Å²) in [7, 11) is 3.09. The smallest absolute Gasteiger partial charge is 0.196 e. The molecule has 0 atom stereocenters. The van der Waals surface area contributed by atoms with Gasteiger partial charge in [-0.05, 0) is 41.3 Å². The number of rotatable bonds is 6. The summed E-state index contributed by atoms with van der Waals surface area (Å²) in [5.41, 5.74) is 2.00. The van der Waals surface area contributed by atoms with Crippen molar-refractivity contribution in [3.05, 3.63) is 90.3 Å². The Morgan fingerprint density at radius 1 is 0.933 bits per heavy atom. The molecule has 4 rings (SSSR count). The third kappa shape index (κ3) is 3.60. The maximum absolute atomic E-state index is 13.3. The predicted molar refractivity (Wildman–Crippen MR) is 120 cm³/mol. The summed E-state index contributed by atoms with van der Waals surface area (Å²) in [5.74, 6) is 0.351. The van der Waals surface area contributed by atoms with E-state index in [1.54, 1.807) is 42.7 Å². The minimum atomic E-state index is -0.368. The molecule has 0 fully saturated rings. The van der Waals surface area contributed by atoms with Crippen molar-refractivity contribution in [3.63, 3.8) is 0 Å². The van der Waals surface area contributed by atoms with E-state index in [9.17, 15) is 9.18 Å². The minimum absolute atomic E-state index is 0.265. The number of hydrogen-bond acceptors (Lipinski definition) is 4. The summed E-state index contributed by atoms with van der Waals surface area (Å²) in [6.07, 6.45) is 0. The van der Waals surface area contributed by atoms with E-state index < -0.39 is 0 Å². The molecule has 0 saturated carbocycles. The molecule has 4 aromatic rings. The average Bonchev–Trinajstić information content (AvgIpc) is 3.21. The zero-order valence-corrected chi connectivity index (χ0v) is 17.4. The van der Waals surface area contributed by atoms with Crippen molar-refractivity contribution in [3.8, 4) is 21.9 Å². The van der Waals surface area contributed by atoms with Gasteiger partial charge >= 0.3 is 0 Å². The third-order valence-corrected chi connectivity index (χ3v) is 6.07. The van der Waals surface area contributed by atoms with Gasteiger partial charge in [-0.2, -0.15) is 0 Å². The van der Waals surface area contributed by atoms with Gasteiger partial charge in [0, 0.05) is 26.8 Å². The first-order chi connectivity index (χ1) is 14.5. The van der Waals surface area contributed by atoms with Crippen LogP contribution in [0.2, 0.25) is 0 Å². The molecule has 1 aromatic heterocycles. The first-order valence-corrected chi connectivity index (χ1v) is 10.1. The Hall–Kier alpha value is -3.44. The average molecular weight is 418 g/mol. The number of carbonyl (C=O) groups is 1. The lowest BCUT2D eigenvalue weighted by molar-refractivity contribution is 0.105. The monoisotopic (exact) mass is 418 g/mol. The van der Waals surface area contributed by atoms with E-state index in [0.717, 1.165) is 20.5 Å². The molecule has 0 aliphatic carbocycles. The lowest BCUT2D eigenvalue weighted by Gasteiger charge is -2.14. The highest BCUT2D eigenvalue weighted by Crippen LogP contribution is 2.42. The Labute approximate surface area is 178 Å². The molecule has 0 N–H and O–H groups in total. The van der Waals surface area contributed by atoms with Gasteiger partial charge in [0.15, 0.2) is 5.78 Å². The van der Waals surface area contributed by atoms with E-state index in [0.29, 0.717) is 22.6 Å². The lowest BCUT2D eigenvalue weighted by Crippen LogP contribution is -2.05. The first-order valence-electron chi connectivity index (χ1n) is 9.26. The molecule has 3 aromatic carbocycles. The van der Waals surface area contributed by atoms with Gasteiger partial charge in [-0.1, -0.05) is 36.9 Å². The van der Waals surface area contributed by atoms with Crippen molar-refractivity contribution in [1.82, 2.24) is 0 Å². The van der Waals surface area contributed by atoms with Gasteiger partial charge in [-0.15, -0.1) is 11.3 Å². The fourth-order valence-electron chi connectivity index (χ4n) is 3.33. The number of fused-ring (bicyclic) bond motifs is 1. The second-order valence-corrected chi connectivity index (χ2v) is 7.80. The molecule has 0 unspecified atom stereocenters. The van der Waals surface area contributed by atoms with Crippen molar-refractivity contribution < 1.29 is 18.7 Å². The number of methoxy groups -OCH3 is 2. The van der Waals surface area contributed by atoms with Crippen LogP contribution in [0.1, 0.15) is 15.9 Å². The molecule has 0 aliphatic heterocycles. The molecule has 30 heavy (non-hydrogen) atoms. The molecular formula is C25H19FO3S. The fraction of sp³-hybridized carbons (Fsp3) is 0.0800. The molecule has 0 bridgehead atoms. The molecule has 1 heterocycles. The van der Waals surface area contributed by atoms with E-state index in [2.05, 4.69) is 18.7 Å². The second-order valence-electron chi connectivity index (χ2n) is 6.72. The number of thiophene rings is 1. The summed E-state index contributed by atoms with van der Waals surface area (Å²) >= 11 is 1.62. The van der Waals surface area contributed by atoms with Crippen molar-refractivity contribution in [2.75, 3.05) is 14.2 Å². The van der Waals surface area contributed by atoms with Gasteiger partial charge in [-0.25, -0.2) is 4.39 Å². The molecule has 0 amide bonds. The molecule has 0 aliphatic rings. The van der Waals surface area contributed by atoms with Gasteiger partial charge in [0.05, 0.1) is 19.8 Å². The van der Waals surface area contributed by atoms with E-state index in [1.807, 2.05) is 18.2 Å². The van der Waals surface area contributed by atoms with Gasteiger partial charge in [0.1, 0.15) is 17.3 Å². The largest absolute Gasteiger partial charge is 0.496 e. The molecule has 150 valence electrons. The van der Waals surface area contributed by atoms with Crippen LogP contribution in [-0.2, 0) is 0 Å². The number of halogens is 1. The maximum Gasteiger partial charge on any atom is 0.196 e. The highest BCUT2D eigenvalue weighted by molar-refractivity contribution is 7.22. The van der Waals surface area contributed by atoms with E-state index in [-0.39, 0.29) is 17.2 Å². The number of Topliss-reactive ketones (excluding diaryl/α,β-unsaturated/α-hetero) is 1. The quantitative estimate of drug-likeness (QED) is 0.261. The summed E-state index contributed by atoms with van der Waals surface area (Å²) in [6.45, 7) is 3.93. The fourth-order valence-corrected chi connectivity index (χ4v) is 4.41. The van der Waals surface area contributed by atoms with E-state index >= 15 is 0 Å². The Morgan fingerprint density at radius 3 is 2.30 bits per heavy atom. The topological polar surface area (TPSA) is 35.5 Å². The minimum Gasteiger partial charge on any atom is -0.496 e. The Kier molecular flexibility index (Phi) is 5.38. The van der Waals surface area contributed by atoms with Crippen molar-refractivity contribution in [1.29, 1.82) is 0 Å². The summed E-state index contributed by atoms with van der Waals surface area (Å²) in [6, 6.07) is 19.4. The highest BCUT2D eigenvalue weighted by Gasteiger charge is 2.21. The molecule has 0 spiro atoms. The maximum atomic E-state index is 13.3. The molecule has 5 heteroatoms. The number of benzene rings is 3.